The van der Waals surface area contributed by atoms with Crippen molar-refractivity contribution in [1.82, 2.24) is 0 Å². The predicted molar refractivity (Wildman–Crippen MR) is 182 cm³/mol. The van der Waals surface area contributed by atoms with E-state index in [1.54, 1.807) is 25.7 Å². The summed E-state index contributed by atoms with van der Waals surface area (Å²) in [5, 5.41) is 0. The molecule has 0 heteroatoms. The first kappa shape index (κ1) is 39.0. The molecule has 0 unspecified atom stereocenters. The first-order valence-electron chi connectivity index (χ1n) is 19.2. The normalized spacial score (nSPS) is 12.0. The minimum absolute atomic E-state index is 0.678. The van der Waals surface area contributed by atoms with Crippen molar-refractivity contribution in [3.8, 4) is 0 Å². The Labute approximate surface area is 251 Å². The van der Waals surface area contributed by atoms with Gasteiger partial charge in [0.15, 0.2) is 0 Å². The molecule has 0 nitrogen and oxygen atoms in total. The Balaban J connectivity index is 4.72. The molecule has 0 aromatic rings. The summed E-state index contributed by atoms with van der Waals surface area (Å²) in [6.45, 7) is 9.36. The van der Waals surface area contributed by atoms with Gasteiger partial charge in [0.1, 0.15) is 0 Å². The number of hydrogen-bond donors (Lipinski definition) is 0. The van der Waals surface area contributed by atoms with Gasteiger partial charge in [0, 0.05) is 0 Å². The molecule has 0 aromatic heterocycles. The van der Waals surface area contributed by atoms with E-state index in [2.05, 4.69) is 27.7 Å². The highest BCUT2D eigenvalue weighted by Crippen LogP contribution is 2.42. The van der Waals surface area contributed by atoms with E-state index in [-0.39, 0.29) is 0 Å². The third kappa shape index (κ3) is 27.9. The molecule has 0 aliphatic rings. The van der Waals surface area contributed by atoms with Gasteiger partial charge in [0.25, 0.3) is 0 Å². The Morgan fingerprint density at radius 1 is 0.205 bits per heavy atom. The lowest BCUT2D eigenvalue weighted by Crippen LogP contribution is -2.21. The summed E-state index contributed by atoms with van der Waals surface area (Å²) < 4.78 is 0. The summed E-state index contributed by atoms with van der Waals surface area (Å²) >= 11 is 0. The molecule has 0 N–H and O–H groups in total. The fourth-order valence-corrected chi connectivity index (χ4v) is 6.93. The van der Waals surface area contributed by atoms with Crippen molar-refractivity contribution >= 4 is 0 Å². The highest BCUT2D eigenvalue weighted by atomic mass is 14.3. The Kier molecular flexibility index (Phi) is 32.5. The van der Waals surface area contributed by atoms with E-state index in [0.29, 0.717) is 5.41 Å². The van der Waals surface area contributed by atoms with Crippen LogP contribution in [0.15, 0.2) is 0 Å². The van der Waals surface area contributed by atoms with Crippen molar-refractivity contribution in [1.29, 1.82) is 0 Å². The second-order valence-corrected chi connectivity index (χ2v) is 13.7. The van der Waals surface area contributed by atoms with Crippen LogP contribution < -0.4 is 0 Å². The van der Waals surface area contributed by atoms with Crippen LogP contribution in [0.3, 0.4) is 0 Å². The maximum absolute atomic E-state index is 2.35. The molecule has 0 bridgehead atoms. The van der Waals surface area contributed by atoms with Gasteiger partial charge in [-0.05, 0) is 31.1 Å². The third-order valence-corrected chi connectivity index (χ3v) is 9.74. The monoisotopic (exact) mass is 549 g/mol. The molecule has 0 aliphatic heterocycles. The molecule has 0 heterocycles. The molecule has 0 radical (unpaired) electrons. The molecule has 0 amide bonds. The highest BCUT2D eigenvalue weighted by Gasteiger charge is 2.28. The molecule has 0 atom stereocenters. The van der Waals surface area contributed by atoms with Crippen molar-refractivity contribution < 1.29 is 0 Å². The molecule has 0 aliphatic carbocycles. The Morgan fingerprint density at radius 2 is 0.359 bits per heavy atom. The first-order chi connectivity index (χ1) is 19.2. The fourth-order valence-electron chi connectivity index (χ4n) is 6.93. The largest absolute Gasteiger partial charge is 0.0654 e. The van der Waals surface area contributed by atoms with Crippen LogP contribution in [0.25, 0.3) is 0 Å². The first-order valence-corrected chi connectivity index (χ1v) is 19.2. The summed E-state index contributed by atoms with van der Waals surface area (Å²) in [6.07, 6.45) is 50.2. The van der Waals surface area contributed by atoms with Crippen molar-refractivity contribution in [2.45, 2.75) is 246 Å². The molecule has 39 heavy (non-hydrogen) atoms. The second-order valence-electron chi connectivity index (χ2n) is 13.7. The summed E-state index contributed by atoms with van der Waals surface area (Å²) in [4.78, 5) is 0. The van der Waals surface area contributed by atoms with E-state index in [1.807, 2.05) is 0 Å². The molecule has 0 aromatic carbocycles. The van der Waals surface area contributed by atoms with Crippen LogP contribution in [-0.4, -0.2) is 0 Å². The number of hydrogen-bond acceptors (Lipinski definition) is 0. The second kappa shape index (κ2) is 32.5. The van der Waals surface area contributed by atoms with E-state index in [9.17, 15) is 0 Å². The molecule has 0 saturated heterocycles. The minimum Gasteiger partial charge on any atom is -0.0654 e. The van der Waals surface area contributed by atoms with Crippen LogP contribution in [0, 0.1) is 5.41 Å². The molecule has 0 rings (SSSR count). The van der Waals surface area contributed by atoms with Crippen molar-refractivity contribution in [2.24, 2.45) is 5.41 Å². The van der Waals surface area contributed by atoms with Gasteiger partial charge in [-0.25, -0.2) is 0 Å². The van der Waals surface area contributed by atoms with Crippen LogP contribution >= 0.6 is 0 Å². The van der Waals surface area contributed by atoms with E-state index in [0.717, 1.165) is 0 Å². The average molecular weight is 549 g/mol. The summed E-state index contributed by atoms with van der Waals surface area (Å²) in [5.74, 6) is 0. The van der Waals surface area contributed by atoms with Crippen LogP contribution in [0.4, 0.5) is 0 Å². The van der Waals surface area contributed by atoms with E-state index < -0.39 is 0 Å². The Hall–Kier alpha value is 0. The predicted octanol–water partition coefficient (Wildman–Crippen LogP) is 15.3. The molecule has 0 fully saturated rings. The average Bonchev–Trinajstić information content (AvgIpc) is 2.95. The standard InChI is InChI=1S/C39H80/c1-5-9-13-17-21-23-24-26-30-34-38-39(35-31-27-19-15-11-7-3,36-32-28-20-16-12-8-4)37-33-29-25-22-18-14-10-6-2/h5-38H2,1-4H3. The zero-order chi connectivity index (χ0) is 28.5. The quantitative estimate of drug-likeness (QED) is 0.0701. The molecule has 0 spiro atoms. The fraction of sp³-hybridized carbons (Fsp3) is 1.00. The summed E-state index contributed by atoms with van der Waals surface area (Å²) in [6, 6.07) is 0. The lowest BCUT2D eigenvalue weighted by atomic mass is 9.70. The van der Waals surface area contributed by atoms with Gasteiger partial charge in [-0.2, -0.15) is 0 Å². The smallest absolute Gasteiger partial charge is 0.0297 e. The van der Waals surface area contributed by atoms with E-state index in [1.165, 1.54) is 193 Å². The molecular weight excluding hydrogens is 468 g/mol. The van der Waals surface area contributed by atoms with Gasteiger partial charge in [-0.3, -0.25) is 0 Å². The van der Waals surface area contributed by atoms with Gasteiger partial charge in [-0.15, -0.1) is 0 Å². The van der Waals surface area contributed by atoms with E-state index >= 15 is 0 Å². The van der Waals surface area contributed by atoms with Crippen LogP contribution in [0.1, 0.15) is 246 Å². The maximum atomic E-state index is 2.35. The molecule has 236 valence electrons. The van der Waals surface area contributed by atoms with Crippen LogP contribution in [-0.2, 0) is 0 Å². The van der Waals surface area contributed by atoms with Crippen molar-refractivity contribution in [2.75, 3.05) is 0 Å². The minimum atomic E-state index is 0.678. The topological polar surface area (TPSA) is 0 Å². The maximum Gasteiger partial charge on any atom is -0.0297 e. The zero-order valence-electron chi connectivity index (χ0n) is 28.5. The van der Waals surface area contributed by atoms with Gasteiger partial charge in [0.2, 0.25) is 0 Å². The third-order valence-electron chi connectivity index (χ3n) is 9.74. The van der Waals surface area contributed by atoms with E-state index in [4.69, 9.17) is 0 Å². The van der Waals surface area contributed by atoms with Gasteiger partial charge >= 0.3 is 0 Å². The van der Waals surface area contributed by atoms with Crippen molar-refractivity contribution in [3.05, 3.63) is 0 Å². The Bertz CT molecular complexity index is 408. The lowest BCUT2D eigenvalue weighted by Gasteiger charge is -2.35. The Morgan fingerprint density at radius 3 is 0.538 bits per heavy atom. The summed E-state index contributed by atoms with van der Waals surface area (Å²) in [5.41, 5.74) is 0.678. The number of unbranched alkanes of at least 4 members (excludes halogenated alkanes) is 26. The van der Waals surface area contributed by atoms with Gasteiger partial charge in [-0.1, -0.05) is 220 Å². The van der Waals surface area contributed by atoms with Gasteiger partial charge < -0.3 is 0 Å². The highest BCUT2D eigenvalue weighted by molar-refractivity contribution is 4.80. The zero-order valence-corrected chi connectivity index (χ0v) is 28.5. The van der Waals surface area contributed by atoms with Crippen molar-refractivity contribution in [3.63, 3.8) is 0 Å². The van der Waals surface area contributed by atoms with Crippen LogP contribution in [0.5, 0.6) is 0 Å². The molecule has 0 saturated carbocycles. The van der Waals surface area contributed by atoms with Crippen LogP contribution in [0.2, 0.25) is 0 Å². The number of rotatable bonds is 34. The summed E-state index contributed by atoms with van der Waals surface area (Å²) in [7, 11) is 0. The van der Waals surface area contributed by atoms with Gasteiger partial charge in [0.05, 0.1) is 0 Å². The molecular formula is C39H80. The SMILES string of the molecule is CCCCCCCCCCCCC(CCCCCCCC)(CCCCCCCC)CCCCCCCCCC. The lowest BCUT2D eigenvalue weighted by molar-refractivity contribution is 0.171.